The summed E-state index contributed by atoms with van der Waals surface area (Å²) in [4.78, 5) is 0. The number of nitrogens with two attached hydrogens (primary N) is 1. The van der Waals surface area contributed by atoms with Gasteiger partial charge in [0.15, 0.2) is 0 Å². The molecule has 0 atom stereocenters. The van der Waals surface area contributed by atoms with Gasteiger partial charge in [0.1, 0.15) is 0 Å². The highest BCUT2D eigenvalue weighted by molar-refractivity contribution is 5.02. The Hall–Kier alpha value is -0.560. The van der Waals surface area contributed by atoms with Crippen LogP contribution in [0, 0.1) is 0 Å². The predicted molar refractivity (Wildman–Crippen MR) is 74.6 cm³/mol. The lowest BCUT2D eigenvalue weighted by Gasteiger charge is -1.99. The van der Waals surface area contributed by atoms with E-state index in [4.69, 9.17) is 5.73 Å². The molecule has 0 saturated carbocycles. The molecule has 0 heterocycles. The fourth-order valence-corrected chi connectivity index (χ4v) is 1.73. The van der Waals surface area contributed by atoms with Gasteiger partial charge in [-0.25, -0.2) is 0 Å². The van der Waals surface area contributed by atoms with Crippen molar-refractivity contribution in [2.75, 3.05) is 6.54 Å². The van der Waals surface area contributed by atoms with Gasteiger partial charge in [-0.15, -0.1) is 0 Å². The first-order chi connectivity index (χ1) is 7.91. The molecule has 0 aromatic rings. The molecule has 0 aliphatic heterocycles. The van der Waals surface area contributed by atoms with E-state index < -0.39 is 0 Å². The van der Waals surface area contributed by atoms with Crippen molar-refractivity contribution in [1.82, 2.24) is 0 Å². The van der Waals surface area contributed by atoms with Gasteiger partial charge in [0.25, 0.3) is 0 Å². The lowest BCUT2D eigenvalue weighted by molar-refractivity contribution is 0.577. The van der Waals surface area contributed by atoms with Crippen molar-refractivity contribution in [3.05, 3.63) is 24.3 Å². The van der Waals surface area contributed by atoms with Crippen molar-refractivity contribution in [1.29, 1.82) is 0 Å². The maximum absolute atomic E-state index is 5.34. The van der Waals surface area contributed by atoms with Gasteiger partial charge in [0, 0.05) is 6.54 Å². The van der Waals surface area contributed by atoms with Gasteiger partial charge in [-0.3, -0.25) is 0 Å². The number of unbranched alkanes of at least 4 members (excludes halogenated alkanes) is 8. The number of hydrogen-bond acceptors (Lipinski definition) is 1. The Labute approximate surface area is 102 Å². The van der Waals surface area contributed by atoms with E-state index >= 15 is 0 Å². The van der Waals surface area contributed by atoms with E-state index in [1.807, 2.05) is 12.2 Å². The van der Waals surface area contributed by atoms with Crippen LogP contribution in [0.25, 0.3) is 0 Å². The van der Waals surface area contributed by atoms with E-state index in [1.54, 1.807) is 0 Å². The summed E-state index contributed by atoms with van der Waals surface area (Å²) in [5.74, 6) is 0. The Bertz CT molecular complexity index is 170. The van der Waals surface area contributed by atoms with E-state index in [2.05, 4.69) is 19.1 Å². The molecule has 0 amide bonds. The monoisotopic (exact) mass is 223 g/mol. The maximum atomic E-state index is 5.34. The van der Waals surface area contributed by atoms with Crippen LogP contribution in [0.5, 0.6) is 0 Å². The molecule has 0 unspecified atom stereocenters. The minimum absolute atomic E-state index is 0.641. The van der Waals surface area contributed by atoms with Gasteiger partial charge in [0.2, 0.25) is 0 Å². The average molecular weight is 223 g/mol. The smallest absolute Gasteiger partial charge is 0.0109 e. The molecular formula is C15H29N. The molecule has 94 valence electrons. The first-order valence-corrected chi connectivity index (χ1v) is 6.93. The quantitative estimate of drug-likeness (QED) is 0.402. The van der Waals surface area contributed by atoms with Crippen LogP contribution < -0.4 is 5.73 Å². The standard InChI is InChI=1S/C15H29N/c1-2-3-4-5-6-7-8-9-10-11-12-13-14-15-16/h11-14H,2-10,15-16H2,1H3. The Morgan fingerprint density at radius 1 is 0.750 bits per heavy atom. The first-order valence-electron chi connectivity index (χ1n) is 6.93. The molecular weight excluding hydrogens is 194 g/mol. The molecule has 0 fully saturated rings. The molecule has 0 aliphatic carbocycles. The summed E-state index contributed by atoms with van der Waals surface area (Å²) in [7, 11) is 0. The molecule has 16 heavy (non-hydrogen) atoms. The van der Waals surface area contributed by atoms with Crippen LogP contribution in [0.3, 0.4) is 0 Å². The Balaban J connectivity index is 3.03. The second kappa shape index (κ2) is 14.4. The third kappa shape index (κ3) is 13.4. The third-order valence-corrected chi connectivity index (χ3v) is 2.74. The normalized spacial score (nSPS) is 11.9. The first kappa shape index (κ1) is 15.4. The van der Waals surface area contributed by atoms with Crippen molar-refractivity contribution in [3.63, 3.8) is 0 Å². The molecule has 0 bridgehead atoms. The zero-order valence-corrected chi connectivity index (χ0v) is 11.0. The Morgan fingerprint density at radius 3 is 1.94 bits per heavy atom. The van der Waals surface area contributed by atoms with Crippen molar-refractivity contribution in [3.8, 4) is 0 Å². The minimum atomic E-state index is 0.641. The highest BCUT2D eigenvalue weighted by atomic mass is 14.5. The summed E-state index contributed by atoms with van der Waals surface area (Å²) in [6.45, 7) is 2.91. The molecule has 0 aliphatic rings. The molecule has 0 aromatic heterocycles. The van der Waals surface area contributed by atoms with Crippen LogP contribution in [0.1, 0.15) is 64.7 Å². The SMILES string of the molecule is CCCCCCCCCCC=CC=CCN. The van der Waals surface area contributed by atoms with Crippen molar-refractivity contribution in [2.45, 2.75) is 64.7 Å². The van der Waals surface area contributed by atoms with E-state index in [9.17, 15) is 0 Å². The number of allylic oxidation sites excluding steroid dienone is 3. The van der Waals surface area contributed by atoms with E-state index in [0.717, 1.165) is 0 Å². The average Bonchev–Trinajstić information content (AvgIpc) is 2.31. The largest absolute Gasteiger partial charge is 0.327 e. The summed E-state index contributed by atoms with van der Waals surface area (Å²) >= 11 is 0. The fourth-order valence-electron chi connectivity index (χ4n) is 1.73. The van der Waals surface area contributed by atoms with Crippen LogP contribution in [-0.2, 0) is 0 Å². The van der Waals surface area contributed by atoms with Crippen LogP contribution in [0.4, 0.5) is 0 Å². The lowest BCUT2D eigenvalue weighted by Crippen LogP contribution is -1.91. The molecule has 0 radical (unpaired) electrons. The zero-order chi connectivity index (χ0) is 11.9. The number of hydrogen-bond donors (Lipinski definition) is 1. The lowest BCUT2D eigenvalue weighted by atomic mass is 10.1. The summed E-state index contributed by atoms with van der Waals surface area (Å²) in [5.41, 5.74) is 5.34. The third-order valence-electron chi connectivity index (χ3n) is 2.74. The van der Waals surface area contributed by atoms with Gasteiger partial charge < -0.3 is 5.73 Å². The van der Waals surface area contributed by atoms with Crippen molar-refractivity contribution in [2.24, 2.45) is 5.73 Å². The van der Waals surface area contributed by atoms with E-state index in [1.165, 1.54) is 57.8 Å². The van der Waals surface area contributed by atoms with Crippen LogP contribution in [0.15, 0.2) is 24.3 Å². The van der Waals surface area contributed by atoms with Gasteiger partial charge in [-0.2, -0.15) is 0 Å². The van der Waals surface area contributed by atoms with Crippen molar-refractivity contribution >= 4 is 0 Å². The zero-order valence-electron chi connectivity index (χ0n) is 11.0. The van der Waals surface area contributed by atoms with Gasteiger partial charge >= 0.3 is 0 Å². The highest BCUT2D eigenvalue weighted by Crippen LogP contribution is 2.09. The van der Waals surface area contributed by atoms with Crippen LogP contribution in [0.2, 0.25) is 0 Å². The molecule has 0 rings (SSSR count). The molecule has 0 saturated heterocycles. The highest BCUT2D eigenvalue weighted by Gasteiger charge is 1.89. The molecule has 1 nitrogen and oxygen atoms in total. The van der Waals surface area contributed by atoms with E-state index in [-0.39, 0.29) is 0 Å². The summed E-state index contributed by atoms with van der Waals surface area (Å²) in [6.07, 6.45) is 20.8. The summed E-state index contributed by atoms with van der Waals surface area (Å²) < 4.78 is 0. The predicted octanol–water partition coefficient (Wildman–Crippen LogP) is 4.59. The maximum Gasteiger partial charge on any atom is 0.0109 e. The number of rotatable bonds is 11. The minimum Gasteiger partial charge on any atom is -0.327 e. The molecule has 0 aromatic carbocycles. The van der Waals surface area contributed by atoms with Gasteiger partial charge in [-0.05, 0) is 12.8 Å². The summed E-state index contributed by atoms with van der Waals surface area (Å²) in [5, 5.41) is 0. The van der Waals surface area contributed by atoms with Crippen LogP contribution >= 0.6 is 0 Å². The van der Waals surface area contributed by atoms with E-state index in [0.29, 0.717) is 6.54 Å². The van der Waals surface area contributed by atoms with Gasteiger partial charge in [-0.1, -0.05) is 76.2 Å². The topological polar surface area (TPSA) is 26.0 Å². The Morgan fingerprint density at radius 2 is 1.31 bits per heavy atom. The fraction of sp³-hybridized carbons (Fsp3) is 0.733. The molecule has 0 spiro atoms. The second-order valence-corrected chi connectivity index (χ2v) is 4.36. The van der Waals surface area contributed by atoms with Crippen molar-refractivity contribution < 1.29 is 0 Å². The Kier molecular flexibility index (Phi) is 13.9. The summed E-state index contributed by atoms with van der Waals surface area (Å²) in [6, 6.07) is 0. The second-order valence-electron chi connectivity index (χ2n) is 4.36. The molecule has 2 N–H and O–H groups in total. The van der Waals surface area contributed by atoms with Gasteiger partial charge in [0.05, 0.1) is 0 Å². The van der Waals surface area contributed by atoms with Crippen LogP contribution in [-0.4, -0.2) is 6.54 Å². The molecule has 1 heteroatoms.